The lowest BCUT2D eigenvalue weighted by molar-refractivity contribution is 0.0608. The lowest BCUT2D eigenvalue weighted by atomic mass is 9.89. The summed E-state index contributed by atoms with van der Waals surface area (Å²) in [6, 6.07) is 0.793. The minimum Gasteiger partial charge on any atom is -0.468 e. The van der Waals surface area contributed by atoms with E-state index in [2.05, 4.69) is 35.7 Å². The molecule has 8 heteroatoms. The van der Waals surface area contributed by atoms with Crippen molar-refractivity contribution in [2.45, 2.75) is 53.0 Å². The molecule has 27 heavy (non-hydrogen) atoms. The molecule has 0 amide bonds. The second kappa shape index (κ2) is 8.29. The Labute approximate surface area is 160 Å². The zero-order chi connectivity index (χ0) is 19.4. The summed E-state index contributed by atoms with van der Waals surface area (Å²) in [6.07, 6.45) is 4.20. The third-order valence-electron chi connectivity index (χ3n) is 5.05. The van der Waals surface area contributed by atoms with E-state index < -0.39 is 0 Å². The maximum atomic E-state index is 6.14. The van der Waals surface area contributed by atoms with Crippen LogP contribution in [-0.2, 0) is 11.3 Å². The maximum absolute atomic E-state index is 6.14. The van der Waals surface area contributed by atoms with E-state index in [4.69, 9.17) is 19.9 Å². The molecule has 1 fully saturated rings. The minimum absolute atomic E-state index is 0.0574. The monoisotopic (exact) mass is 377 g/mol. The van der Waals surface area contributed by atoms with E-state index in [0.29, 0.717) is 41.5 Å². The second-order valence-corrected chi connectivity index (χ2v) is 8.03. The molecule has 2 aromatic heterocycles. The average molecular weight is 377 g/mol. The highest BCUT2D eigenvalue weighted by Crippen LogP contribution is 2.29. The largest absolute Gasteiger partial charge is 0.468 e. The number of methoxy groups -OCH3 is 1. The molecular weight excluding hydrogens is 346 g/mol. The van der Waals surface area contributed by atoms with Gasteiger partial charge in [-0.05, 0) is 30.6 Å². The van der Waals surface area contributed by atoms with Crippen molar-refractivity contribution in [1.29, 1.82) is 0 Å². The molecule has 0 spiro atoms. The molecule has 1 aliphatic heterocycles. The topological polar surface area (TPSA) is 97.3 Å². The van der Waals surface area contributed by atoms with Crippen molar-refractivity contribution in [1.82, 2.24) is 19.5 Å². The van der Waals surface area contributed by atoms with Gasteiger partial charge in [0.15, 0.2) is 17.0 Å². The molecule has 0 radical (unpaired) electrons. The maximum Gasteiger partial charge on any atom is 0.320 e. The van der Waals surface area contributed by atoms with E-state index in [9.17, 15) is 0 Å². The first-order valence-corrected chi connectivity index (χ1v) is 9.72. The fourth-order valence-corrected chi connectivity index (χ4v) is 3.56. The number of ether oxygens (including phenoxy) is 3. The Kier molecular flexibility index (Phi) is 6.04. The Hall–Kier alpha value is -2.09. The van der Waals surface area contributed by atoms with Gasteiger partial charge < -0.3 is 19.9 Å². The fourth-order valence-electron chi connectivity index (χ4n) is 3.56. The number of rotatable bonds is 8. The van der Waals surface area contributed by atoms with Crippen molar-refractivity contribution in [2.75, 3.05) is 32.7 Å². The zero-order valence-corrected chi connectivity index (χ0v) is 16.8. The third kappa shape index (κ3) is 4.61. The number of nitrogen functional groups attached to an aromatic ring is 1. The third-order valence-corrected chi connectivity index (χ3v) is 5.05. The highest BCUT2D eigenvalue weighted by Gasteiger charge is 2.23. The van der Waals surface area contributed by atoms with Crippen molar-refractivity contribution >= 4 is 17.0 Å². The Morgan fingerprint density at radius 2 is 1.96 bits per heavy atom. The molecule has 1 aliphatic rings. The first kappa shape index (κ1) is 19.7. The number of hydrogen-bond acceptors (Lipinski definition) is 7. The number of fused-ring (bicyclic) bond motifs is 1. The molecule has 0 aromatic carbocycles. The quantitative estimate of drug-likeness (QED) is 0.755. The SMILES string of the molecule is CCCC(C)(C)COc1nc(N)c2nc(OC)n(CC3CCOCC3)c2n1. The Bertz CT molecular complexity index is 768. The predicted molar refractivity (Wildman–Crippen MR) is 104 cm³/mol. The molecule has 1 saturated heterocycles. The summed E-state index contributed by atoms with van der Waals surface area (Å²) in [6.45, 7) is 9.41. The number of aromatic nitrogens is 4. The van der Waals surface area contributed by atoms with E-state index in [-0.39, 0.29) is 5.41 Å². The summed E-state index contributed by atoms with van der Waals surface area (Å²) in [5, 5.41) is 0. The molecule has 3 rings (SSSR count). The molecule has 0 saturated carbocycles. The van der Waals surface area contributed by atoms with E-state index in [1.165, 1.54) is 0 Å². The smallest absolute Gasteiger partial charge is 0.320 e. The molecule has 0 unspecified atom stereocenters. The van der Waals surface area contributed by atoms with Gasteiger partial charge in [0, 0.05) is 19.8 Å². The highest BCUT2D eigenvalue weighted by atomic mass is 16.5. The van der Waals surface area contributed by atoms with Crippen molar-refractivity contribution in [2.24, 2.45) is 11.3 Å². The number of anilines is 1. The standard InChI is InChI=1S/C19H31N5O3/c1-5-8-19(2,3)12-27-17-22-15(20)14-16(23-17)24(18(21-14)25-4)11-13-6-9-26-10-7-13/h13H,5-12H2,1-4H3,(H2,20,22,23). The lowest BCUT2D eigenvalue weighted by Crippen LogP contribution is -2.22. The average Bonchev–Trinajstić information content (AvgIpc) is 2.99. The van der Waals surface area contributed by atoms with Crippen LogP contribution in [0.5, 0.6) is 12.0 Å². The van der Waals surface area contributed by atoms with Crippen LogP contribution < -0.4 is 15.2 Å². The molecule has 2 N–H and O–H groups in total. The Morgan fingerprint density at radius 3 is 2.63 bits per heavy atom. The van der Waals surface area contributed by atoms with Gasteiger partial charge >= 0.3 is 6.01 Å². The normalized spacial score (nSPS) is 16.0. The van der Waals surface area contributed by atoms with E-state index in [1.54, 1.807) is 7.11 Å². The van der Waals surface area contributed by atoms with Crippen LogP contribution in [0.1, 0.15) is 46.5 Å². The summed E-state index contributed by atoms with van der Waals surface area (Å²) in [7, 11) is 1.61. The molecular formula is C19H31N5O3. The number of imidazole rings is 1. The van der Waals surface area contributed by atoms with E-state index >= 15 is 0 Å². The van der Waals surface area contributed by atoms with Gasteiger partial charge in [0.1, 0.15) is 0 Å². The van der Waals surface area contributed by atoms with E-state index in [1.807, 2.05) is 4.57 Å². The molecule has 150 valence electrons. The van der Waals surface area contributed by atoms with Crippen molar-refractivity contribution < 1.29 is 14.2 Å². The van der Waals surface area contributed by atoms with Crippen LogP contribution >= 0.6 is 0 Å². The summed E-state index contributed by atoms with van der Waals surface area (Å²) < 4.78 is 18.8. The van der Waals surface area contributed by atoms with Crippen LogP contribution in [-0.4, -0.2) is 46.4 Å². The van der Waals surface area contributed by atoms with Crippen molar-refractivity contribution in [3.8, 4) is 12.0 Å². The molecule has 0 bridgehead atoms. The van der Waals surface area contributed by atoms with Crippen LogP contribution in [0.4, 0.5) is 5.82 Å². The van der Waals surface area contributed by atoms with Crippen LogP contribution in [0.3, 0.4) is 0 Å². The molecule has 8 nitrogen and oxygen atoms in total. The minimum atomic E-state index is 0.0574. The zero-order valence-electron chi connectivity index (χ0n) is 16.8. The van der Waals surface area contributed by atoms with Gasteiger partial charge in [-0.15, -0.1) is 0 Å². The van der Waals surface area contributed by atoms with Gasteiger partial charge in [-0.2, -0.15) is 15.0 Å². The van der Waals surface area contributed by atoms with Crippen LogP contribution in [0.15, 0.2) is 0 Å². The van der Waals surface area contributed by atoms with Crippen LogP contribution in [0.25, 0.3) is 11.2 Å². The second-order valence-electron chi connectivity index (χ2n) is 8.03. The Balaban J connectivity index is 1.88. The summed E-state index contributed by atoms with van der Waals surface area (Å²) in [5.41, 5.74) is 7.42. The van der Waals surface area contributed by atoms with Gasteiger partial charge in [0.2, 0.25) is 0 Å². The molecule has 2 aromatic rings. The van der Waals surface area contributed by atoms with Gasteiger partial charge in [-0.25, -0.2) is 0 Å². The number of nitrogens with zero attached hydrogens (tertiary/aromatic N) is 4. The fraction of sp³-hybridized carbons (Fsp3) is 0.737. The van der Waals surface area contributed by atoms with E-state index in [0.717, 1.165) is 45.4 Å². The van der Waals surface area contributed by atoms with Gasteiger partial charge in [0.05, 0.1) is 13.7 Å². The Morgan fingerprint density at radius 1 is 1.22 bits per heavy atom. The first-order valence-electron chi connectivity index (χ1n) is 9.72. The van der Waals surface area contributed by atoms with Gasteiger partial charge in [0.25, 0.3) is 6.01 Å². The van der Waals surface area contributed by atoms with Crippen LogP contribution in [0.2, 0.25) is 0 Å². The summed E-state index contributed by atoms with van der Waals surface area (Å²) in [5.74, 6) is 0.807. The molecule has 0 atom stereocenters. The van der Waals surface area contributed by atoms with Gasteiger partial charge in [-0.1, -0.05) is 27.2 Å². The van der Waals surface area contributed by atoms with Crippen LogP contribution in [0, 0.1) is 11.3 Å². The molecule has 3 heterocycles. The lowest BCUT2D eigenvalue weighted by Gasteiger charge is -2.23. The molecule has 0 aliphatic carbocycles. The summed E-state index contributed by atoms with van der Waals surface area (Å²) >= 11 is 0. The first-order chi connectivity index (χ1) is 12.9. The number of nitrogens with two attached hydrogens (primary N) is 1. The van der Waals surface area contributed by atoms with Crippen molar-refractivity contribution in [3.05, 3.63) is 0 Å². The van der Waals surface area contributed by atoms with Crippen molar-refractivity contribution in [3.63, 3.8) is 0 Å². The predicted octanol–water partition coefficient (Wildman–Crippen LogP) is 3.05. The number of hydrogen-bond donors (Lipinski definition) is 1. The highest BCUT2D eigenvalue weighted by molar-refractivity contribution is 5.83. The summed E-state index contributed by atoms with van der Waals surface area (Å²) in [4.78, 5) is 13.4. The van der Waals surface area contributed by atoms with Gasteiger partial charge in [-0.3, -0.25) is 4.57 Å².